The molecule has 0 radical (unpaired) electrons. The van der Waals surface area contributed by atoms with Crippen LogP contribution in [0.4, 0.5) is 0 Å². The zero-order valence-electron chi connectivity index (χ0n) is 14.2. The quantitative estimate of drug-likeness (QED) is 0.830. The fourth-order valence-corrected chi connectivity index (χ4v) is 4.47. The van der Waals surface area contributed by atoms with Gasteiger partial charge in [0.2, 0.25) is 10.0 Å². The van der Waals surface area contributed by atoms with Crippen molar-refractivity contribution in [2.45, 2.75) is 11.3 Å². The van der Waals surface area contributed by atoms with Gasteiger partial charge in [0.05, 0.1) is 16.5 Å². The summed E-state index contributed by atoms with van der Waals surface area (Å²) in [7, 11) is -3.56. The number of sulfonamides is 1. The molecule has 0 unspecified atom stereocenters. The van der Waals surface area contributed by atoms with Crippen LogP contribution in [0.1, 0.15) is 22.3 Å². The molecule has 0 bridgehead atoms. The standard InChI is InChI=1S/C19H19N3O3S/c20-15-16-6-4-7-17(14-16)19(23)21-10-5-11-22(13-12-21)26(24,25)18-8-2-1-3-9-18/h1-4,6-9,14H,5,10-13H2. The van der Waals surface area contributed by atoms with E-state index in [4.69, 9.17) is 5.26 Å². The molecule has 2 aromatic carbocycles. The zero-order chi connectivity index (χ0) is 18.6. The van der Waals surface area contributed by atoms with Crippen molar-refractivity contribution in [2.75, 3.05) is 26.2 Å². The van der Waals surface area contributed by atoms with E-state index in [-0.39, 0.29) is 17.3 Å². The second-order valence-corrected chi connectivity index (χ2v) is 7.99. The highest BCUT2D eigenvalue weighted by molar-refractivity contribution is 7.89. The molecule has 7 heteroatoms. The molecule has 1 aliphatic rings. The van der Waals surface area contributed by atoms with Gasteiger partial charge in [0, 0.05) is 31.7 Å². The molecule has 1 amide bonds. The fourth-order valence-electron chi connectivity index (χ4n) is 2.98. The largest absolute Gasteiger partial charge is 0.337 e. The van der Waals surface area contributed by atoms with E-state index in [1.54, 1.807) is 59.5 Å². The number of benzene rings is 2. The first-order valence-electron chi connectivity index (χ1n) is 8.37. The van der Waals surface area contributed by atoms with Gasteiger partial charge in [-0.2, -0.15) is 9.57 Å². The zero-order valence-corrected chi connectivity index (χ0v) is 15.0. The lowest BCUT2D eigenvalue weighted by atomic mass is 10.1. The van der Waals surface area contributed by atoms with Gasteiger partial charge in [0.1, 0.15) is 0 Å². The number of hydrogen-bond acceptors (Lipinski definition) is 4. The van der Waals surface area contributed by atoms with E-state index in [0.717, 1.165) is 0 Å². The van der Waals surface area contributed by atoms with Crippen LogP contribution in [0, 0.1) is 11.3 Å². The van der Waals surface area contributed by atoms with Gasteiger partial charge in [0.15, 0.2) is 0 Å². The Morgan fingerprint density at radius 1 is 0.962 bits per heavy atom. The normalized spacial score (nSPS) is 15.9. The minimum atomic E-state index is -3.56. The Kier molecular flexibility index (Phi) is 5.35. The number of carbonyl (C=O) groups is 1. The molecule has 0 aromatic heterocycles. The maximum absolute atomic E-state index is 12.8. The summed E-state index contributed by atoms with van der Waals surface area (Å²) >= 11 is 0. The van der Waals surface area contributed by atoms with E-state index in [1.807, 2.05) is 6.07 Å². The van der Waals surface area contributed by atoms with Crippen molar-refractivity contribution < 1.29 is 13.2 Å². The van der Waals surface area contributed by atoms with Gasteiger partial charge in [-0.05, 0) is 36.8 Å². The Morgan fingerprint density at radius 3 is 2.46 bits per heavy atom. The van der Waals surface area contributed by atoms with Gasteiger partial charge in [-0.1, -0.05) is 24.3 Å². The Bertz CT molecular complexity index is 936. The number of rotatable bonds is 3. The molecule has 1 saturated heterocycles. The molecule has 0 N–H and O–H groups in total. The summed E-state index contributed by atoms with van der Waals surface area (Å²) in [5.74, 6) is -0.180. The number of hydrogen-bond donors (Lipinski definition) is 0. The molecule has 0 aliphatic carbocycles. The van der Waals surface area contributed by atoms with E-state index < -0.39 is 10.0 Å². The summed E-state index contributed by atoms with van der Waals surface area (Å²) in [5, 5.41) is 8.98. The molecule has 0 spiro atoms. The third kappa shape index (κ3) is 3.77. The Labute approximate surface area is 153 Å². The topological polar surface area (TPSA) is 81.5 Å². The second kappa shape index (κ2) is 7.68. The lowest BCUT2D eigenvalue weighted by molar-refractivity contribution is 0.0764. The number of carbonyl (C=O) groups excluding carboxylic acids is 1. The smallest absolute Gasteiger partial charge is 0.253 e. The van der Waals surface area contributed by atoms with Crippen LogP contribution in [0.2, 0.25) is 0 Å². The maximum Gasteiger partial charge on any atom is 0.253 e. The van der Waals surface area contributed by atoms with Crippen LogP contribution < -0.4 is 0 Å². The van der Waals surface area contributed by atoms with Crippen LogP contribution in [-0.2, 0) is 10.0 Å². The van der Waals surface area contributed by atoms with Crippen molar-refractivity contribution in [2.24, 2.45) is 0 Å². The van der Waals surface area contributed by atoms with Crippen LogP contribution in [0.3, 0.4) is 0 Å². The van der Waals surface area contributed by atoms with E-state index >= 15 is 0 Å². The predicted molar refractivity (Wildman–Crippen MR) is 96.9 cm³/mol. The molecule has 0 saturated carbocycles. The SMILES string of the molecule is N#Cc1cccc(C(=O)N2CCCN(S(=O)(=O)c3ccccc3)CC2)c1. The summed E-state index contributed by atoms with van der Waals surface area (Å²) < 4.78 is 26.9. The molecule has 26 heavy (non-hydrogen) atoms. The maximum atomic E-state index is 12.8. The second-order valence-electron chi connectivity index (χ2n) is 6.06. The van der Waals surface area contributed by atoms with Crippen molar-refractivity contribution >= 4 is 15.9 Å². The van der Waals surface area contributed by atoms with Crippen molar-refractivity contribution in [1.29, 1.82) is 5.26 Å². The Hall–Kier alpha value is -2.69. The van der Waals surface area contributed by atoms with Crippen molar-refractivity contribution in [3.63, 3.8) is 0 Å². The monoisotopic (exact) mass is 369 g/mol. The molecule has 6 nitrogen and oxygen atoms in total. The van der Waals surface area contributed by atoms with Crippen LogP contribution >= 0.6 is 0 Å². The molecule has 0 atom stereocenters. The van der Waals surface area contributed by atoms with Crippen molar-refractivity contribution in [3.8, 4) is 6.07 Å². The highest BCUT2D eigenvalue weighted by atomic mass is 32.2. The van der Waals surface area contributed by atoms with Crippen molar-refractivity contribution in [3.05, 3.63) is 65.7 Å². The highest BCUT2D eigenvalue weighted by Gasteiger charge is 2.28. The number of nitriles is 1. The lowest BCUT2D eigenvalue weighted by Crippen LogP contribution is -2.37. The minimum Gasteiger partial charge on any atom is -0.337 e. The summed E-state index contributed by atoms with van der Waals surface area (Å²) in [6, 6.07) is 16.9. The van der Waals surface area contributed by atoms with E-state index in [9.17, 15) is 13.2 Å². The van der Waals surface area contributed by atoms with Crippen molar-refractivity contribution in [1.82, 2.24) is 9.21 Å². The molecule has 1 heterocycles. The summed E-state index contributed by atoms with van der Waals surface area (Å²) in [6.07, 6.45) is 0.565. The van der Waals surface area contributed by atoms with Gasteiger partial charge in [-0.15, -0.1) is 0 Å². The van der Waals surface area contributed by atoms with Gasteiger partial charge < -0.3 is 4.90 Å². The molecule has 1 aliphatic heterocycles. The van der Waals surface area contributed by atoms with Gasteiger partial charge in [0.25, 0.3) is 5.91 Å². The summed E-state index contributed by atoms with van der Waals surface area (Å²) in [4.78, 5) is 14.6. The first-order valence-corrected chi connectivity index (χ1v) is 9.81. The van der Waals surface area contributed by atoms with Crippen LogP contribution in [0.25, 0.3) is 0 Å². The number of amides is 1. The third-order valence-corrected chi connectivity index (χ3v) is 6.27. The first kappa shape index (κ1) is 18.1. The number of nitrogens with zero attached hydrogens (tertiary/aromatic N) is 3. The highest BCUT2D eigenvalue weighted by Crippen LogP contribution is 2.18. The van der Waals surface area contributed by atoms with E-state index in [0.29, 0.717) is 37.2 Å². The lowest BCUT2D eigenvalue weighted by Gasteiger charge is -2.22. The minimum absolute atomic E-state index is 0.180. The average Bonchev–Trinajstić information content (AvgIpc) is 2.95. The van der Waals surface area contributed by atoms with E-state index in [2.05, 4.69) is 0 Å². The van der Waals surface area contributed by atoms with Gasteiger partial charge >= 0.3 is 0 Å². The molecule has 134 valence electrons. The van der Waals surface area contributed by atoms with Gasteiger partial charge in [-0.25, -0.2) is 8.42 Å². The van der Waals surface area contributed by atoms with Crippen LogP contribution in [0.5, 0.6) is 0 Å². The molecule has 2 aromatic rings. The van der Waals surface area contributed by atoms with E-state index in [1.165, 1.54) is 4.31 Å². The predicted octanol–water partition coefficient (Wildman–Crippen LogP) is 2.10. The first-order chi connectivity index (χ1) is 12.5. The fraction of sp³-hybridized carbons (Fsp3) is 0.263. The average molecular weight is 369 g/mol. The molecular formula is C19H19N3O3S. The van der Waals surface area contributed by atoms with Crippen LogP contribution in [0.15, 0.2) is 59.5 Å². The summed E-state index contributed by atoms with van der Waals surface area (Å²) in [5.41, 5.74) is 0.877. The van der Waals surface area contributed by atoms with Gasteiger partial charge in [-0.3, -0.25) is 4.79 Å². The Balaban J connectivity index is 1.74. The Morgan fingerprint density at radius 2 is 1.73 bits per heavy atom. The van der Waals surface area contributed by atoms with Crippen LogP contribution in [-0.4, -0.2) is 49.7 Å². The molecule has 3 rings (SSSR count). The summed E-state index contributed by atoms with van der Waals surface area (Å²) in [6.45, 7) is 1.43. The third-order valence-electron chi connectivity index (χ3n) is 4.36. The molecule has 1 fully saturated rings. The molecular weight excluding hydrogens is 350 g/mol.